The lowest BCUT2D eigenvalue weighted by Crippen LogP contribution is -2.24. The van der Waals surface area contributed by atoms with E-state index in [0.717, 1.165) is 9.13 Å². The van der Waals surface area contributed by atoms with E-state index in [1.165, 1.54) is 0 Å². The molecule has 0 bridgehead atoms. The van der Waals surface area contributed by atoms with E-state index in [0.29, 0.717) is 0 Å². The zero-order chi connectivity index (χ0) is 11.3. The Labute approximate surface area is 102 Å². The van der Waals surface area contributed by atoms with Gasteiger partial charge in [0.2, 0.25) is 13.9 Å². The molecule has 1 aromatic rings. The lowest BCUT2D eigenvalue weighted by atomic mass is 10.1. The lowest BCUT2D eigenvalue weighted by molar-refractivity contribution is -0.120. The highest BCUT2D eigenvalue weighted by Crippen LogP contribution is 2.10. The second kappa shape index (κ2) is 6.25. The van der Waals surface area contributed by atoms with Gasteiger partial charge in [-0.25, -0.2) is 0 Å². The molecule has 6 heteroatoms. The number of hydrogen-bond donors (Lipinski definition) is 2. The number of amides is 1. The zero-order valence-electron chi connectivity index (χ0n) is 7.87. The first-order chi connectivity index (χ1) is 7.08. The molecule has 1 rings (SSSR count). The summed E-state index contributed by atoms with van der Waals surface area (Å²) in [6.07, 6.45) is 0.0972. The third-order valence-electron chi connectivity index (χ3n) is 1.71. The smallest absolute Gasteiger partial charge is 0.224 e. The monoisotopic (exact) mass is 339 g/mol. The summed E-state index contributed by atoms with van der Waals surface area (Å²) in [5.41, 5.74) is 0.894. The van der Waals surface area contributed by atoms with Crippen molar-refractivity contribution < 1.29 is 14.3 Å². The van der Waals surface area contributed by atoms with Crippen LogP contribution in [0, 0.1) is 3.57 Å². The molecule has 0 fully saturated rings. The summed E-state index contributed by atoms with van der Waals surface area (Å²) in [6.45, 7) is 0. The summed E-state index contributed by atoms with van der Waals surface area (Å²) < 4.78 is 11.5. The van der Waals surface area contributed by atoms with Crippen LogP contribution in [0.5, 0.6) is 0 Å². The van der Waals surface area contributed by atoms with Crippen LogP contribution in [-0.4, -0.2) is 17.1 Å². The molecule has 0 spiro atoms. The number of carbonyl (C=O) groups excluding carboxylic acids is 1. The van der Waals surface area contributed by atoms with Crippen LogP contribution in [0.25, 0.3) is 0 Å². The van der Waals surface area contributed by atoms with Gasteiger partial charge in [-0.05, 0) is 40.3 Å². The first-order valence-corrected chi connectivity index (χ1v) is 6.95. The van der Waals surface area contributed by atoms with Crippen molar-refractivity contribution in [3.05, 3.63) is 33.4 Å². The van der Waals surface area contributed by atoms with Crippen molar-refractivity contribution in [2.24, 2.45) is 0 Å². The molecule has 0 aliphatic carbocycles. The predicted molar refractivity (Wildman–Crippen MR) is 67.1 cm³/mol. The third-order valence-corrected chi connectivity index (χ3v) is 2.91. The van der Waals surface area contributed by atoms with Gasteiger partial charge < -0.3 is 10.2 Å². The molecule has 0 aliphatic rings. The summed E-state index contributed by atoms with van der Waals surface area (Å²) in [5, 5.41) is 2.39. The van der Waals surface area contributed by atoms with Crippen LogP contribution in [0.1, 0.15) is 5.56 Å². The molecule has 1 unspecified atom stereocenters. The molecular formula is C9H11INO3P. The summed E-state index contributed by atoms with van der Waals surface area (Å²) in [7, 11) is -2.61. The maximum Gasteiger partial charge on any atom is 0.224 e. The number of halogens is 1. The van der Waals surface area contributed by atoms with Gasteiger partial charge in [0.25, 0.3) is 0 Å². The Bertz CT molecular complexity index is 366. The maximum atomic E-state index is 11.3. The Morgan fingerprint density at radius 1 is 1.40 bits per heavy atom. The van der Waals surface area contributed by atoms with Crippen LogP contribution >= 0.6 is 30.6 Å². The van der Waals surface area contributed by atoms with E-state index < -0.39 is 8.03 Å². The van der Waals surface area contributed by atoms with Gasteiger partial charge in [-0.1, -0.05) is 12.1 Å². The fourth-order valence-electron chi connectivity index (χ4n) is 1.02. The van der Waals surface area contributed by atoms with Crippen molar-refractivity contribution >= 4 is 36.5 Å². The molecule has 1 aromatic carbocycles. The minimum Gasteiger partial charge on any atom is -0.347 e. The van der Waals surface area contributed by atoms with Crippen molar-refractivity contribution in [1.82, 2.24) is 5.32 Å². The van der Waals surface area contributed by atoms with Crippen molar-refractivity contribution in [2.75, 3.05) is 6.29 Å². The standard InChI is InChI=1S/C9H11INO3P/c10-8-3-1-7(2-4-8)5-9(12)11-6-15(13)14/h1-4,15H,5-6H2,(H,11,12)(H,13,14). The Hall–Kier alpha value is -0.390. The van der Waals surface area contributed by atoms with Crippen molar-refractivity contribution in [1.29, 1.82) is 0 Å². The maximum absolute atomic E-state index is 11.3. The number of rotatable bonds is 4. The number of hydrogen-bond acceptors (Lipinski definition) is 2. The van der Waals surface area contributed by atoms with E-state index in [-0.39, 0.29) is 18.6 Å². The molecule has 1 amide bonds. The van der Waals surface area contributed by atoms with Gasteiger partial charge in [0, 0.05) is 3.57 Å². The number of carbonyl (C=O) groups is 1. The fourth-order valence-corrected chi connectivity index (χ4v) is 1.73. The quantitative estimate of drug-likeness (QED) is 0.643. The third kappa shape index (κ3) is 5.30. The van der Waals surface area contributed by atoms with Crippen molar-refractivity contribution in [3.63, 3.8) is 0 Å². The van der Waals surface area contributed by atoms with Gasteiger partial charge in [-0.3, -0.25) is 9.36 Å². The van der Waals surface area contributed by atoms with Crippen molar-refractivity contribution in [2.45, 2.75) is 6.42 Å². The van der Waals surface area contributed by atoms with Crippen LogP contribution < -0.4 is 5.32 Å². The highest BCUT2D eigenvalue weighted by molar-refractivity contribution is 14.1. The molecule has 0 saturated carbocycles. The summed E-state index contributed by atoms with van der Waals surface area (Å²) in [4.78, 5) is 19.8. The summed E-state index contributed by atoms with van der Waals surface area (Å²) in [6, 6.07) is 7.56. The van der Waals surface area contributed by atoms with Crippen LogP contribution in [0.2, 0.25) is 0 Å². The SMILES string of the molecule is O=C(Cc1ccc(I)cc1)NC[PH](=O)O. The first kappa shape index (κ1) is 12.7. The Morgan fingerprint density at radius 2 is 2.00 bits per heavy atom. The van der Waals surface area contributed by atoms with Gasteiger partial charge in [0.15, 0.2) is 0 Å². The molecule has 82 valence electrons. The normalized spacial score (nSPS) is 12.1. The highest BCUT2D eigenvalue weighted by Gasteiger charge is 2.03. The molecule has 0 heterocycles. The fraction of sp³-hybridized carbons (Fsp3) is 0.222. The zero-order valence-corrected chi connectivity index (χ0v) is 11.0. The van der Waals surface area contributed by atoms with Crippen LogP contribution in [-0.2, 0) is 15.8 Å². The number of nitrogens with one attached hydrogen (secondary N) is 1. The number of benzene rings is 1. The second-order valence-electron chi connectivity index (χ2n) is 2.97. The van der Waals surface area contributed by atoms with Crippen molar-refractivity contribution in [3.8, 4) is 0 Å². The van der Waals surface area contributed by atoms with Gasteiger partial charge in [0.05, 0.1) is 12.7 Å². The topological polar surface area (TPSA) is 66.4 Å². The van der Waals surface area contributed by atoms with E-state index in [1.54, 1.807) is 0 Å². The van der Waals surface area contributed by atoms with E-state index in [9.17, 15) is 9.36 Å². The molecule has 4 nitrogen and oxygen atoms in total. The van der Waals surface area contributed by atoms with E-state index in [1.807, 2.05) is 24.3 Å². The summed E-state index contributed by atoms with van der Waals surface area (Å²) >= 11 is 2.18. The Morgan fingerprint density at radius 3 is 2.53 bits per heavy atom. The summed E-state index contributed by atoms with van der Waals surface area (Å²) in [5.74, 6) is -0.233. The molecule has 1 atom stereocenters. The predicted octanol–water partition coefficient (Wildman–Crippen LogP) is 1.37. The minimum atomic E-state index is -2.61. The van der Waals surface area contributed by atoms with E-state index in [4.69, 9.17) is 4.89 Å². The molecule has 0 saturated heterocycles. The minimum absolute atomic E-state index is 0.145. The van der Waals surface area contributed by atoms with E-state index >= 15 is 0 Å². The first-order valence-electron chi connectivity index (χ1n) is 4.31. The van der Waals surface area contributed by atoms with Crippen LogP contribution in [0.15, 0.2) is 24.3 Å². The molecular weight excluding hydrogens is 328 g/mol. The molecule has 0 aliphatic heterocycles. The largest absolute Gasteiger partial charge is 0.347 e. The second-order valence-corrected chi connectivity index (χ2v) is 5.36. The van der Waals surface area contributed by atoms with Crippen LogP contribution in [0.4, 0.5) is 0 Å². The highest BCUT2D eigenvalue weighted by atomic mass is 127. The Kier molecular flexibility index (Phi) is 5.28. The average molecular weight is 339 g/mol. The molecule has 2 N–H and O–H groups in total. The molecule has 0 radical (unpaired) electrons. The molecule has 0 aromatic heterocycles. The van der Waals surface area contributed by atoms with E-state index in [2.05, 4.69) is 27.9 Å². The molecule has 15 heavy (non-hydrogen) atoms. The van der Waals surface area contributed by atoms with Gasteiger partial charge in [0.1, 0.15) is 0 Å². The van der Waals surface area contributed by atoms with Crippen LogP contribution in [0.3, 0.4) is 0 Å². The average Bonchev–Trinajstić information content (AvgIpc) is 2.19. The van der Waals surface area contributed by atoms with Gasteiger partial charge in [-0.15, -0.1) is 0 Å². The van der Waals surface area contributed by atoms with Gasteiger partial charge in [-0.2, -0.15) is 0 Å². The lowest BCUT2D eigenvalue weighted by Gasteiger charge is -2.03. The van der Waals surface area contributed by atoms with Gasteiger partial charge >= 0.3 is 0 Å². The Balaban J connectivity index is 2.44.